The van der Waals surface area contributed by atoms with Gasteiger partial charge in [-0.05, 0) is 30.7 Å². The zero-order chi connectivity index (χ0) is 15.0. The smallest absolute Gasteiger partial charge is 0.272 e. The summed E-state index contributed by atoms with van der Waals surface area (Å²) in [6, 6.07) is 13.3. The first kappa shape index (κ1) is 13.8. The molecule has 0 radical (unpaired) electrons. The summed E-state index contributed by atoms with van der Waals surface area (Å²) in [7, 11) is 0. The molecule has 0 bridgehead atoms. The van der Waals surface area contributed by atoms with E-state index in [1.165, 1.54) is 0 Å². The van der Waals surface area contributed by atoms with Gasteiger partial charge in [0.2, 0.25) is 0 Å². The molecule has 0 aliphatic carbocycles. The van der Waals surface area contributed by atoms with Gasteiger partial charge in [0.05, 0.1) is 4.92 Å². The van der Waals surface area contributed by atoms with Gasteiger partial charge >= 0.3 is 0 Å². The summed E-state index contributed by atoms with van der Waals surface area (Å²) in [6.45, 7) is 2.42. The molecule has 5 heteroatoms. The van der Waals surface area contributed by atoms with E-state index in [2.05, 4.69) is 20.5 Å². The van der Waals surface area contributed by atoms with Crippen LogP contribution < -0.4 is 0 Å². The van der Waals surface area contributed by atoms with E-state index in [0.29, 0.717) is 6.54 Å². The second-order valence-corrected chi connectivity index (χ2v) is 5.79. The van der Waals surface area contributed by atoms with Gasteiger partial charge in [0.25, 0.3) is 5.69 Å². The molecule has 0 amide bonds. The van der Waals surface area contributed by atoms with Gasteiger partial charge in [-0.1, -0.05) is 34.1 Å². The van der Waals surface area contributed by atoms with Crippen molar-refractivity contribution in [2.24, 2.45) is 0 Å². The van der Waals surface area contributed by atoms with Gasteiger partial charge in [-0.25, -0.2) is 0 Å². The monoisotopic (exact) mass is 344 g/mol. The van der Waals surface area contributed by atoms with Gasteiger partial charge < -0.3 is 4.57 Å². The van der Waals surface area contributed by atoms with Crippen molar-refractivity contribution in [3.63, 3.8) is 0 Å². The lowest BCUT2D eigenvalue weighted by Gasteiger charge is -2.09. The molecule has 0 saturated carbocycles. The van der Waals surface area contributed by atoms with Gasteiger partial charge in [-0.15, -0.1) is 0 Å². The van der Waals surface area contributed by atoms with Crippen LogP contribution in [0.15, 0.2) is 53.1 Å². The number of halogens is 1. The van der Waals surface area contributed by atoms with Crippen LogP contribution in [0, 0.1) is 17.0 Å². The maximum atomic E-state index is 11.0. The Kier molecular flexibility index (Phi) is 3.51. The number of nitrogens with zero attached hydrogens (tertiary/aromatic N) is 2. The number of rotatable bonds is 3. The lowest BCUT2D eigenvalue weighted by molar-refractivity contribution is -0.385. The third-order valence-corrected chi connectivity index (χ3v) is 4.41. The van der Waals surface area contributed by atoms with Gasteiger partial charge in [-0.2, -0.15) is 0 Å². The lowest BCUT2D eigenvalue weighted by Crippen LogP contribution is -2.02. The fraction of sp³-hybridized carbons (Fsp3) is 0.125. The van der Waals surface area contributed by atoms with Crippen LogP contribution in [0.3, 0.4) is 0 Å². The highest BCUT2D eigenvalue weighted by Gasteiger charge is 2.14. The zero-order valence-electron chi connectivity index (χ0n) is 11.4. The van der Waals surface area contributed by atoms with Crippen molar-refractivity contribution in [3.05, 3.63) is 74.4 Å². The summed E-state index contributed by atoms with van der Waals surface area (Å²) in [6.07, 6.45) is 2.01. The highest BCUT2D eigenvalue weighted by Crippen LogP contribution is 2.27. The molecule has 3 rings (SSSR count). The molecule has 106 valence electrons. The Morgan fingerprint density at radius 3 is 2.71 bits per heavy atom. The molecule has 0 saturated heterocycles. The normalized spacial score (nSPS) is 11.0. The van der Waals surface area contributed by atoms with Crippen molar-refractivity contribution < 1.29 is 4.92 Å². The minimum atomic E-state index is -0.330. The second-order valence-electron chi connectivity index (χ2n) is 4.93. The van der Waals surface area contributed by atoms with Gasteiger partial charge in [-0.3, -0.25) is 10.1 Å². The van der Waals surface area contributed by atoms with Crippen molar-refractivity contribution in [1.29, 1.82) is 0 Å². The number of aromatic nitrogens is 1. The number of fused-ring (bicyclic) bond motifs is 1. The summed E-state index contributed by atoms with van der Waals surface area (Å²) in [4.78, 5) is 10.7. The summed E-state index contributed by atoms with van der Waals surface area (Å²) in [5, 5.41) is 12.2. The van der Waals surface area contributed by atoms with E-state index in [4.69, 9.17) is 0 Å². The largest absolute Gasteiger partial charge is 0.343 e. The molecule has 4 nitrogen and oxygen atoms in total. The molecular formula is C16H13BrN2O2. The van der Waals surface area contributed by atoms with Crippen LogP contribution in [-0.4, -0.2) is 9.49 Å². The van der Waals surface area contributed by atoms with E-state index in [1.54, 1.807) is 19.1 Å². The number of hydrogen-bond acceptors (Lipinski definition) is 2. The van der Waals surface area contributed by atoms with Crippen LogP contribution in [0.2, 0.25) is 0 Å². The summed E-state index contributed by atoms with van der Waals surface area (Å²) >= 11 is 3.54. The average Bonchev–Trinajstić information content (AvgIpc) is 2.85. The number of nitro groups is 1. The van der Waals surface area contributed by atoms with Crippen LogP contribution in [0.5, 0.6) is 0 Å². The van der Waals surface area contributed by atoms with Gasteiger partial charge in [0, 0.05) is 39.7 Å². The Morgan fingerprint density at radius 1 is 1.19 bits per heavy atom. The fourth-order valence-corrected chi connectivity index (χ4v) is 3.03. The third-order valence-electron chi connectivity index (χ3n) is 3.72. The summed E-state index contributed by atoms with van der Waals surface area (Å²) in [5.74, 6) is 0. The van der Waals surface area contributed by atoms with Crippen LogP contribution in [0.1, 0.15) is 11.1 Å². The van der Waals surface area contributed by atoms with Crippen molar-refractivity contribution in [1.82, 2.24) is 4.57 Å². The Bertz CT molecular complexity index is 839. The van der Waals surface area contributed by atoms with Crippen LogP contribution in [-0.2, 0) is 6.54 Å². The topological polar surface area (TPSA) is 48.1 Å². The summed E-state index contributed by atoms with van der Waals surface area (Å²) in [5.41, 5.74) is 2.96. The molecule has 0 atom stereocenters. The molecule has 1 aromatic heterocycles. The molecular weight excluding hydrogens is 332 g/mol. The SMILES string of the molecule is Cc1c(Cn2ccc3c(Br)cccc32)cccc1[N+](=O)[O-]. The number of nitro benzene ring substituents is 1. The number of hydrogen-bond donors (Lipinski definition) is 0. The first-order chi connectivity index (χ1) is 10.1. The maximum Gasteiger partial charge on any atom is 0.272 e. The van der Waals surface area contributed by atoms with E-state index < -0.39 is 0 Å². The maximum absolute atomic E-state index is 11.0. The second kappa shape index (κ2) is 5.33. The number of benzene rings is 2. The van der Waals surface area contributed by atoms with Gasteiger partial charge in [0.1, 0.15) is 0 Å². The predicted molar refractivity (Wildman–Crippen MR) is 86.6 cm³/mol. The minimum absolute atomic E-state index is 0.171. The van der Waals surface area contributed by atoms with E-state index >= 15 is 0 Å². The molecule has 21 heavy (non-hydrogen) atoms. The summed E-state index contributed by atoms with van der Waals surface area (Å²) < 4.78 is 3.15. The molecule has 3 aromatic rings. The van der Waals surface area contributed by atoms with Crippen molar-refractivity contribution in [2.45, 2.75) is 13.5 Å². The van der Waals surface area contributed by atoms with Crippen molar-refractivity contribution in [2.75, 3.05) is 0 Å². The highest BCUT2D eigenvalue weighted by molar-refractivity contribution is 9.10. The Balaban J connectivity index is 2.05. The first-order valence-corrected chi connectivity index (χ1v) is 7.33. The Hall–Kier alpha value is -2.14. The fourth-order valence-electron chi connectivity index (χ4n) is 2.55. The standard InChI is InChI=1S/C16H13BrN2O2/c1-11-12(4-2-6-15(11)19(20)21)10-18-9-8-13-14(17)5-3-7-16(13)18/h2-9H,10H2,1H3. The van der Waals surface area contributed by atoms with Crippen molar-refractivity contribution >= 4 is 32.5 Å². The van der Waals surface area contributed by atoms with Crippen LogP contribution in [0.4, 0.5) is 5.69 Å². The van der Waals surface area contributed by atoms with Crippen molar-refractivity contribution in [3.8, 4) is 0 Å². The molecule has 2 aromatic carbocycles. The molecule has 0 spiro atoms. The Morgan fingerprint density at radius 2 is 1.95 bits per heavy atom. The van der Waals surface area contributed by atoms with Crippen LogP contribution >= 0.6 is 15.9 Å². The van der Waals surface area contributed by atoms with E-state index in [-0.39, 0.29) is 10.6 Å². The highest BCUT2D eigenvalue weighted by atomic mass is 79.9. The molecule has 1 heterocycles. The van der Waals surface area contributed by atoms with Crippen LogP contribution in [0.25, 0.3) is 10.9 Å². The molecule has 0 unspecified atom stereocenters. The first-order valence-electron chi connectivity index (χ1n) is 6.54. The molecule has 0 N–H and O–H groups in total. The molecule has 0 aliphatic rings. The van der Waals surface area contributed by atoms with Gasteiger partial charge in [0.15, 0.2) is 0 Å². The predicted octanol–water partition coefficient (Wildman–Crippen LogP) is 4.67. The quantitative estimate of drug-likeness (QED) is 0.512. The zero-order valence-corrected chi connectivity index (χ0v) is 13.0. The average molecular weight is 345 g/mol. The minimum Gasteiger partial charge on any atom is -0.343 e. The molecule has 0 fully saturated rings. The van der Waals surface area contributed by atoms with E-state index in [9.17, 15) is 10.1 Å². The lowest BCUT2D eigenvalue weighted by atomic mass is 10.1. The van der Waals surface area contributed by atoms with E-state index in [1.807, 2.05) is 36.5 Å². The van der Waals surface area contributed by atoms with E-state index in [0.717, 1.165) is 26.5 Å². The Labute approximate surface area is 130 Å². The molecule has 0 aliphatic heterocycles. The third kappa shape index (κ3) is 2.45.